The number of aromatic nitrogens is 2. The molecule has 2 aromatic rings. The van der Waals surface area contributed by atoms with Gasteiger partial charge in [0.05, 0.1) is 24.8 Å². The summed E-state index contributed by atoms with van der Waals surface area (Å²) in [4.78, 5) is 34.0. The molecule has 1 aliphatic rings. The number of nitrogen functional groups attached to an aromatic ring is 1. The van der Waals surface area contributed by atoms with E-state index in [2.05, 4.69) is 20.2 Å². The predicted octanol–water partition coefficient (Wildman–Crippen LogP) is 1.37. The zero-order valence-electron chi connectivity index (χ0n) is 15.2. The van der Waals surface area contributed by atoms with Crippen LogP contribution in [0.1, 0.15) is 28.8 Å². The number of carbonyl (C=O) groups excluding carboxylic acids is 2. The number of likely N-dealkylation sites (tertiary alicyclic amines) is 1. The Morgan fingerprint density at radius 1 is 1.41 bits per heavy atom. The van der Waals surface area contributed by atoms with Gasteiger partial charge in [-0.3, -0.25) is 9.69 Å². The van der Waals surface area contributed by atoms with Gasteiger partial charge in [0, 0.05) is 18.8 Å². The van der Waals surface area contributed by atoms with Crippen molar-refractivity contribution >= 4 is 23.8 Å². The summed E-state index contributed by atoms with van der Waals surface area (Å²) in [6, 6.07) is 7.08. The van der Waals surface area contributed by atoms with Gasteiger partial charge in [-0.1, -0.05) is 12.1 Å². The van der Waals surface area contributed by atoms with Gasteiger partial charge < -0.3 is 20.6 Å². The molecule has 0 radical (unpaired) electrons. The number of nitrogens with two attached hydrogens (primary N) is 1. The maximum absolute atomic E-state index is 12.8. The lowest BCUT2D eigenvalue weighted by Crippen LogP contribution is -2.43. The molecule has 3 N–H and O–H groups in total. The largest absolute Gasteiger partial charge is 0.496 e. The van der Waals surface area contributed by atoms with Crippen molar-refractivity contribution in [2.75, 3.05) is 37.8 Å². The van der Waals surface area contributed by atoms with Crippen LogP contribution in [0.2, 0.25) is 0 Å². The standard InChI is InChI=1S/C19H23N5O3/c1-27-16-7-3-2-6-14(16)17(26)15-11-21-19(23-18(15)20)22-13-5-4-8-24(12-13)9-10-25/h2-3,6-7,10-11,13H,4-5,8-9,12H2,1H3,(H3,20,21,22,23). The fourth-order valence-corrected chi connectivity index (χ4v) is 3.24. The molecule has 8 nitrogen and oxygen atoms in total. The number of rotatable bonds is 7. The maximum Gasteiger partial charge on any atom is 0.224 e. The quantitative estimate of drug-likeness (QED) is 0.556. The molecule has 0 bridgehead atoms. The highest BCUT2D eigenvalue weighted by Crippen LogP contribution is 2.23. The van der Waals surface area contributed by atoms with Gasteiger partial charge in [-0.2, -0.15) is 4.98 Å². The fourth-order valence-electron chi connectivity index (χ4n) is 3.24. The second kappa shape index (κ2) is 8.59. The molecule has 1 atom stereocenters. The number of nitrogens with one attached hydrogen (secondary N) is 1. The summed E-state index contributed by atoms with van der Waals surface area (Å²) < 4.78 is 5.24. The minimum absolute atomic E-state index is 0.115. The molecule has 0 aliphatic carbocycles. The number of aldehydes is 1. The third-order valence-corrected chi connectivity index (χ3v) is 4.59. The summed E-state index contributed by atoms with van der Waals surface area (Å²) in [5, 5.41) is 3.24. The van der Waals surface area contributed by atoms with Crippen molar-refractivity contribution in [3.63, 3.8) is 0 Å². The molecule has 8 heteroatoms. The van der Waals surface area contributed by atoms with Crippen LogP contribution in [0.15, 0.2) is 30.5 Å². The number of nitrogens with zero attached hydrogens (tertiary/aromatic N) is 3. The van der Waals surface area contributed by atoms with Crippen LogP contribution in [0.4, 0.5) is 11.8 Å². The molecule has 1 aromatic carbocycles. The van der Waals surface area contributed by atoms with Crippen LogP contribution in [0, 0.1) is 0 Å². The Hall–Kier alpha value is -3.00. The first-order valence-corrected chi connectivity index (χ1v) is 8.85. The van der Waals surface area contributed by atoms with Crippen molar-refractivity contribution < 1.29 is 14.3 Å². The number of hydrogen-bond acceptors (Lipinski definition) is 8. The van der Waals surface area contributed by atoms with Gasteiger partial charge in [-0.25, -0.2) is 4.98 Å². The molecule has 1 fully saturated rings. The zero-order valence-corrected chi connectivity index (χ0v) is 15.2. The predicted molar refractivity (Wildman–Crippen MR) is 102 cm³/mol. The molecule has 27 heavy (non-hydrogen) atoms. The molecular formula is C19H23N5O3. The van der Waals surface area contributed by atoms with E-state index in [9.17, 15) is 9.59 Å². The Bertz CT molecular complexity index is 827. The summed E-state index contributed by atoms with van der Waals surface area (Å²) in [6.45, 7) is 2.07. The highest BCUT2D eigenvalue weighted by atomic mass is 16.5. The van der Waals surface area contributed by atoms with Gasteiger partial charge in [0.25, 0.3) is 0 Å². The van der Waals surface area contributed by atoms with E-state index < -0.39 is 0 Å². The van der Waals surface area contributed by atoms with Crippen LogP contribution in [-0.4, -0.2) is 59.7 Å². The lowest BCUT2D eigenvalue weighted by atomic mass is 10.0. The van der Waals surface area contributed by atoms with Gasteiger partial charge in [0.1, 0.15) is 17.9 Å². The fraction of sp³-hybridized carbons (Fsp3) is 0.368. The minimum atomic E-state index is -0.286. The van der Waals surface area contributed by atoms with Crippen molar-refractivity contribution in [2.45, 2.75) is 18.9 Å². The number of ketones is 1. The summed E-state index contributed by atoms with van der Waals surface area (Å²) >= 11 is 0. The van der Waals surface area contributed by atoms with Crippen LogP contribution < -0.4 is 15.8 Å². The Morgan fingerprint density at radius 2 is 2.22 bits per heavy atom. The van der Waals surface area contributed by atoms with Gasteiger partial charge in [-0.15, -0.1) is 0 Å². The van der Waals surface area contributed by atoms with Gasteiger partial charge in [0.15, 0.2) is 0 Å². The first-order chi connectivity index (χ1) is 13.1. The van der Waals surface area contributed by atoms with E-state index in [4.69, 9.17) is 10.5 Å². The second-order valence-corrected chi connectivity index (χ2v) is 6.43. The van der Waals surface area contributed by atoms with E-state index in [1.807, 2.05) is 0 Å². The molecule has 0 saturated carbocycles. The molecule has 0 spiro atoms. The average Bonchev–Trinajstić information content (AvgIpc) is 2.68. The zero-order chi connectivity index (χ0) is 19.2. The molecule has 1 saturated heterocycles. The molecule has 1 aliphatic heterocycles. The molecule has 142 valence electrons. The maximum atomic E-state index is 12.8. The van der Waals surface area contributed by atoms with Crippen molar-refractivity contribution in [3.05, 3.63) is 41.6 Å². The summed E-state index contributed by atoms with van der Waals surface area (Å²) in [5.41, 5.74) is 6.66. The van der Waals surface area contributed by atoms with Crippen molar-refractivity contribution in [1.82, 2.24) is 14.9 Å². The van der Waals surface area contributed by atoms with E-state index in [1.165, 1.54) is 13.3 Å². The Kier molecular flexibility index (Phi) is 5.97. The number of methoxy groups -OCH3 is 1. The number of carbonyl (C=O) groups is 2. The molecule has 1 unspecified atom stereocenters. The first-order valence-electron chi connectivity index (χ1n) is 8.85. The first kappa shape index (κ1) is 18.8. The number of anilines is 2. The summed E-state index contributed by atoms with van der Waals surface area (Å²) in [7, 11) is 1.51. The minimum Gasteiger partial charge on any atom is -0.496 e. The van der Waals surface area contributed by atoms with Crippen molar-refractivity contribution in [1.29, 1.82) is 0 Å². The van der Waals surface area contributed by atoms with E-state index in [0.717, 1.165) is 32.2 Å². The highest BCUT2D eigenvalue weighted by molar-refractivity contribution is 6.13. The number of ether oxygens (including phenoxy) is 1. The SMILES string of the molecule is COc1ccccc1C(=O)c1cnc(NC2CCCN(CC=O)C2)nc1N. The average molecular weight is 369 g/mol. The normalized spacial score (nSPS) is 17.3. The van der Waals surface area contributed by atoms with E-state index >= 15 is 0 Å². The van der Waals surface area contributed by atoms with Crippen LogP contribution in [0.3, 0.4) is 0 Å². The Labute approximate surface area is 157 Å². The summed E-state index contributed by atoms with van der Waals surface area (Å²) in [5.74, 6) is 0.680. The molecule has 0 amide bonds. The number of hydrogen-bond donors (Lipinski definition) is 2. The third kappa shape index (κ3) is 4.40. The molecular weight excluding hydrogens is 346 g/mol. The number of benzene rings is 1. The van der Waals surface area contributed by atoms with Crippen LogP contribution in [-0.2, 0) is 4.79 Å². The Morgan fingerprint density at radius 3 is 2.96 bits per heavy atom. The monoisotopic (exact) mass is 369 g/mol. The second-order valence-electron chi connectivity index (χ2n) is 6.43. The lowest BCUT2D eigenvalue weighted by Gasteiger charge is -2.31. The summed E-state index contributed by atoms with van der Waals surface area (Å²) in [6.07, 6.45) is 4.30. The highest BCUT2D eigenvalue weighted by Gasteiger charge is 2.22. The van der Waals surface area contributed by atoms with Gasteiger partial charge in [-0.05, 0) is 31.5 Å². The van der Waals surface area contributed by atoms with Crippen LogP contribution in [0.5, 0.6) is 5.75 Å². The van der Waals surface area contributed by atoms with E-state index in [0.29, 0.717) is 23.8 Å². The molecule has 1 aromatic heterocycles. The van der Waals surface area contributed by atoms with Crippen molar-refractivity contribution in [3.8, 4) is 5.75 Å². The third-order valence-electron chi connectivity index (χ3n) is 4.59. The molecule has 2 heterocycles. The molecule has 3 rings (SSSR count). The topological polar surface area (TPSA) is 110 Å². The number of piperidine rings is 1. The Balaban J connectivity index is 1.74. The van der Waals surface area contributed by atoms with Gasteiger partial charge >= 0.3 is 0 Å². The number of para-hydroxylation sites is 1. The van der Waals surface area contributed by atoms with E-state index in [-0.39, 0.29) is 23.2 Å². The van der Waals surface area contributed by atoms with Crippen molar-refractivity contribution in [2.24, 2.45) is 0 Å². The van der Waals surface area contributed by atoms with E-state index in [1.54, 1.807) is 24.3 Å². The smallest absolute Gasteiger partial charge is 0.224 e. The van der Waals surface area contributed by atoms with Gasteiger partial charge in [0.2, 0.25) is 11.7 Å². The lowest BCUT2D eigenvalue weighted by molar-refractivity contribution is -0.109. The van der Waals surface area contributed by atoms with Crippen LogP contribution >= 0.6 is 0 Å². The van der Waals surface area contributed by atoms with Crippen LogP contribution in [0.25, 0.3) is 0 Å².